The van der Waals surface area contributed by atoms with Gasteiger partial charge in [-0.25, -0.2) is 4.98 Å². The topological polar surface area (TPSA) is 50.2 Å². The fraction of sp³-hybridized carbons (Fsp3) is 0.474. The molecule has 126 valence electrons. The molecule has 1 N–H and O–H groups in total. The third-order valence-electron chi connectivity index (χ3n) is 5.09. The molecule has 2 aliphatic heterocycles. The van der Waals surface area contributed by atoms with Crippen LogP contribution in [0.15, 0.2) is 36.5 Å². The molecule has 1 fully saturated rings. The van der Waals surface area contributed by atoms with Crippen LogP contribution in [-0.2, 0) is 24.3 Å². The summed E-state index contributed by atoms with van der Waals surface area (Å²) in [6, 6.07) is 9.77. The number of carbonyl (C=O) groups is 1. The van der Waals surface area contributed by atoms with Crippen molar-refractivity contribution in [2.75, 3.05) is 13.1 Å². The first kappa shape index (κ1) is 15.4. The van der Waals surface area contributed by atoms with Gasteiger partial charge in [-0.15, -0.1) is 0 Å². The van der Waals surface area contributed by atoms with Gasteiger partial charge in [0.15, 0.2) is 0 Å². The molecule has 5 nitrogen and oxygen atoms in total. The van der Waals surface area contributed by atoms with Crippen molar-refractivity contribution in [2.45, 2.75) is 44.8 Å². The van der Waals surface area contributed by atoms with Gasteiger partial charge >= 0.3 is 0 Å². The van der Waals surface area contributed by atoms with Crippen LogP contribution < -0.4 is 5.32 Å². The van der Waals surface area contributed by atoms with E-state index in [1.807, 2.05) is 41.4 Å². The van der Waals surface area contributed by atoms with E-state index in [2.05, 4.69) is 14.9 Å². The average Bonchev–Trinajstić information content (AvgIpc) is 3.35. The number of rotatable bonds is 5. The molecule has 2 aliphatic rings. The molecule has 1 aromatic heterocycles. The number of aromatic nitrogens is 2. The fourth-order valence-corrected chi connectivity index (χ4v) is 3.78. The van der Waals surface area contributed by atoms with Crippen LogP contribution in [0.2, 0.25) is 0 Å². The van der Waals surface area contributed by atoms with E-state index in [0.717, 1.165) is 44.5 Å². The number of fused-ring (bicyclic) bond motifs is 1. The molecule has 1 amide bonds. The van der Waals surface area contributed by atoms with Gasteiger partial charge in [0.25, 0.3) is 0 Å². The number of carbonyl (C=O) groups excluding carboxylic acids is 1. The molecule has 1 unspecified atom stereocenters. The molecule has 0 aliphatic carbocycles. The number of nitrogens with zero attached hydrogens (tertiary/aromatic N) is 3. The van der Waals surface area contributed by atoms with Gasteiger partial charge in [0, 0.05) is 38.8 Å². The lowest BCUT2D eigenvalue weighted by Gasteiger charge is -2.24. The van der Waals surface area contributed by atoms with Crippen molar-refractivity contribution in [3.8, 4) is 0 Å². The molecule has 1 saturated heterocycles. The Labute approximate surface area is 142 Å². The van der Waals surface area contributed by atoms with Gasteiger partial charge in [-0.05, 0) is 24.8 Å². The number of imidazole rings is 1. The van der Waals surface area contributed by atoms with Crippen molar-refractivity contribution < 1.29 is 4.79 Å². The third-order valence-corrected chi connectivity index (χ3v) is 5.09. The molecule has 1 aromatic carbocycles. The van der Waals surface area contributed by atoms with Crippen molar-refractivity contribution >= 4 is 5.91 Å². The molecule has 0 saturated carbocycles. The first-order valence-corrected chi connectivity index (χ1v) is 8.93. The van der Waals surface area contributed by atoms with E-state index in [1.54, 1.807) is 0 Å². The maximum Gasteiger partial charge on any atom is 0.244 e. The van der Waals surface area contributed by atoms with Crippen LogP contribution in [0.25, 0.3) is 0 Å². The Morgan fingerprint density at radius 1 is 1.12 bits per heavy atom. The minimum atomic E-state index is -0.281. The van der Waals surface area contributed by atoms with Crippen LogP contribution in [0, 0.1) is 0 Å². The van der Waals surface area contributed by atoms with Crippen molar-refractivity contribution in [1.82, 2.24) is 19.8 Å². The Kier molecular flexibility index (Phi) is 4.34. The molecule has 2 aromatic rings. The predicted octanol–water partition coefficient (Wildman–Crippen LogP) is 2.28. The molecule has 24 heavy (non-hydrogen) atoms. The Hall–Kier alpha value is -2.14. The number of amides is 1. The lowest BCUT2D eigenvalue weighted by Crippen LogP contribution is -2.39. The number of benzene rings is 1. The molecule has 1 atom stereocenters. The molecule has 0 spiro atoms. The van der Waals surface area contributed by atoms with Crippen molar-refractivity contribution in [3.05, 3.63) is 53.6 Å². The number of likely N-dealkylation sites (tertiary alicyclic amines) is 1. The summed E-state index contributed by atoms with van der Waals surface area (Å²) in [5, 5.41) is 3.49. The Morgan fingerprint density at radius 2 is 1.92 bits per heavy atom. The van der Waals surface area contributed by atoms with Crippen molar-refractivity contribution in [3.63, 3.8) is 0 Å². The van der Waals surface area contributed by atoms with Crippen LogP contribution in [0.3, 0.4) is 0 Å². The first-order valence-electron chi connectivity index (χ1n) is 8.93. The summed E-state index contributed by atoms with van der Waals surface area (Å²) in [5.41, 5.74) is 2.22. The van der Waals surface area contributed by atoms with E-state index in [1.165, 1.54) is 17.9 Å². The normalized spacial score (nSPS) is 17.9. The fourth-order valence-electron chi connectivity index (χ4n) is 3.78. The minimum absolute atomic E-state index is 0.194. The highest BCUT2D eigenvalue weighted by atomic mass is 16.2. The van der Waals surface area contributed by atoms with Crippen LogP contribution in [0.4, 0.5) is 0 Å². The van der Waals surface area contributed by atoms with Gasteiger partial charge in [-0.1, -0.05) is 30.3 Å². The zero-order chi connectivity index (χ0) is 16.4. The molecule has 4 rings (SSSR count). The third kappa shape index (κ3) is 2.96. The van der Waals surface area contributed by atoms with Crippen molar-refractivity contribution in [2.24, 2.45) is 0 Å². The summed E-state index contributed by atoms with van der Waals surface area (Å²) in [6.07, 6.45) is 6.41. The van der Waals surface area contributed by atoms with Crippen LogP contribution in [-0.4, -0.2) is 33.4 Å². The number of hydrogen-bond acceptors (Lipinski definition) is 3. The monoisotopic (exact) mass is 324 g/mol. The molecule has 0 bridgehead atoms. The predicted molar refractivity (Wildman–Crippen MR) is 92.4 cm³/mol. The lowest BCUT2D eigenvalue weighted by atomic mass is 10.1. The summed E-state index contributed by atoms with van der Waals surface area (Å²) in [4.78, 5) is 19.5. The SMILES string of the molecule is O=C(C(NCc1cnc2n1CCC2)c1ccccc1)N1CCCC1. The summed E-state index contributed by atoms with van der Waals surface area (Å²) in [6.45, 7) is 3.48. The van der Waals surface area contributed by atoms with E-state index in [-0.39, 0.29) is 11.9 Å². The van der Waals surface area contributed by atoms with Gasteiger partial charge in [-0.3, -0.25) is 10.1 Å². The van der Waals surface area contributed by atoms with Gasteiger partial charge in [-0.2, -0.15) is 0 Å². The second-order valence-electron chi connectivity index (χ2n) is 6.68. The van der Waals surface area contributed by atoms with Gasteiger partial charge in [0.2, 0.25) is 5.91 Å². The van der Waals surface area contributed by atoms with Crippen LogP contribution >= 0.6 is 0 Å². The maximum atomic E-state index is 13.0. The molecule has 0 radical (unpaired) electrons. The summed E-state index contributed by atoms with van der Waals surface area (Å²) in [5.74, 6) is 1.37. The standard InChI is InChI=1S/C19H24N4O/c24-19(22-10-4-5-11-22)18(15-7-2-1-3-8-15)21-14-16-13-20-17-9-6-12-23(16)17/h1-3,7-8,13,18,21H,4-6,9-12,14H2. The Balaban J connectivity index is 1.52. The highest BCUT2D eigenvalue weighted by molar-refractivity contribution is 5.83. The lowest BCUT2D eigenvalue weighted by molar-refractivity contribution is -0.132. The number of nitrogens with one attached hydrogen (secondary N) is 1. The van der Waals surface area contributed by atoms with Crippen LogP contribution in [0.1, 0.15) is 42.4 Å². The highest BCUT2D eigenvalue weighted by Crippen LogP contribution is 2.21. The number of hydrogen-bond donors (Lipinski definition) is 1. The molecule has 5 heteroatoms. The highest BCUT2D eigenvalue weighted by Gasteiger charge is 2.28. The molecular formula is C19H24N4O. The largest absolute Gasteiger partial charge is 0.341 e. The summed E-state index contributed by atoms with van der Waals surface area (Å²) in [7, 11) is 0. The van der Waals surface area contributed by atoms with Gasteiger partial charge in [0.05, 0.1) is 5.69 Å². The van der Waals surface area contributed by atoms with E-state index in [9.17, 15) is 4.79 Å². The van der Waals surface area contributed by atoms with E-state index < -0.39 is 0 Å². The van der Waals surface area contributed by atoms with Gasteiger partial charge < -0.3 is 9.47 Å². The zero-order valence-corrected chi connectivity index (χ0v) is 13.9. The first-order chi connectivity index (χ1) is 11.8. The van der Waals surface area contributed by atoms with Crippen molar-refractivity contribution in [1.29, 1.82) is 0 Å². The maximum absolute atomic E-state index is 13.0. The van der Waals surface area contributed by atoms with E-state index in [0.29, 0.717) is 6.54 Å². The number of aryl methyl sites for hydroxylation is 1. The van der Waals surface area contributed by atoms with E-state index in [4.69, 9.17) is 0 Å². The second-order valence-corrected chi connectivity index (χ2v) is 6.68. The van der Waals surface area contributed by atoms with Gasteiger partial charge in [0.1, 0.15) is 11.9 Å². The second kappa shape index (κ2) is 6.77. The quantitative estimate of drug-likeness (QED) is 0.918. The van der Waals surface area contributed by atoms with Crippen LogP contribution in [0.5, 0.6) is 0 Å². The average molecular weight is 324 g/mol. The zero-order valence-electron chi connectivity index (χ0n) is 13.9. The summed E-state index contributed by atoms with van der Waals surface area (Å²) >= 11 is 0. The molecular weight excluding hydrogens is 300 g/mol. The Morgan fingerprint density at radius 3 is 2.71 bits per heavy atom. The minimum Gasteiger partial charge on any atom is -0.341 e. The van der Waals surface area contributed by atoms with E-state index >= 15 is 0 Å². The Bertz CT molecular complexity index is 703. The smallest absolute Gasteiger partial charge is 0.244 e. The summed E-state index contributed by atoms with van der Waals surface area (Å²) < 4.78 is 2.29. The molecule has 3 heterocycles.